The Morgan fingerprint density at radius 2 is 2.11 bits per heavy atom. The van der Waals surface area contributed by atoms with Crippen LogP contribution in [0.2, 0.25) is 5.02 Å². The van der Waals surface area contributed by atoms with Crippen molar-refractivity contribution in [1.82, 2.24) is 0 Å². The molecule has 3 nitrogen and oxygen atoms in total. The summed E-state index contributed by atoms with van der Waals surface area (Å²) in [5.41, 5.74) is 6.61. The number of halogens is 1. The topological polar surface area (TPSA) is 44.5 Å². The minimum Gasteiger partial charge on any atom is -0.486 e. The Kier molecular flexibility index (Phi) is 3.59. The molecule has 1 spiro atoms. The largest absolute Gasteiger partial charge is 0.486 e. The summed E-state index contributed by atoms with van der Waals surface area (Å²) in [4.78, 5) is 0. The molecule has 0 radical (unpaired) electrons. The molecule has 0 bridgehead atoms. The van der Waals surface area contributed by atoms with E-state index < -0.39 is 0 Å². The van der Waals surface area contributed by atoms with E-state index in [-0.39, 0.29) is 11.7 Å². The average Bonchev–Trinajstić information content (AvgIpc) is 2.82. The number of anilines is 1. The molecular weight excluding hydrogens is 262 g/mol. The van der Waals surface area contributed by atoms with Gasteiger partial charge in [0.05, 0.1) is 22.9 Å². The molecule has 19 heavy (non-hydrogen) atoms. The van der Waals surface area contributed by atoms with Gasteiger partial charge in [-0.1, -0.05) is 30.5 Å². The van der Waals surface area contributed by atoms with Gasteiger partial charge < -0.3 is 15.2 Å². The molecule has 1 aromatic carbocycles. The van der Waals surface area contributed by atoms with Crippen molar-refractivity contribution in [2.45, 2.75) is 50.2 Å². The van der Waals surface area contributed by atoms with Crippen LogP contribution in [0.1, 0.15) is 38.5 Å². The highest BCUT2D eigenvalue weighted by Gasteiger charge is 2.40. The maximum atomic E-state index is 6.16. The minimum absolute atomic E-state index is 0.0545. The zero-order valence-corrected chi connectivity index (χ0v) is 11.8. The molecule has 2 N–H and O–H groups in total. The van der Waals surface area contributed by atoms with Gasteiger partial charge in [0.1, 0.15) is 6.10 Å². The van der Waals surface area contributed by atoms with Crippen LogP contribution in [0.5, 0.6) is 5.75 Å². The number of ether oxygens (including phenoxy) is 2. The lowest BCUT2D eigenvalue weighted by Gasteiger charge is -2.38. The Morgan fingerprint density at radius 1 is 1.32 bits per heavy atom. The zero-order valence-electron chi connectivity index (χ0n) is 11.0. The van der Waals surface area contributed by atoms with Crippen molar-refractivity contribution in [3.63, 3.8) is 0 Å². The number of benzene rings is 1. The number of rotatable bonds is 2. The Balaban J connectivity index is 1.73. The Morgan fingerprint density at radius 3 is 2.84 bits per heavy atom. The summed E-state index contributed by atoms with van der Waals surface area (Å²) >= 11 is 6.16. The van der Waals surface area contributed by atoms with Gasteiger partial charge in [-0.05, 0) is 25.0 Å². The van der Waals surface area contributed by atoms with Crippen LogP contribution < -0.4 is 10.5 Å². The lowest BCUT2D eigenvalue weighted by molar-refractivity contribution is -0.108. The van der Waals surface area contributed by atoms with Crippen molar-refractivity contribution < 1.29 is 9.47 Å². The second-order valence-corrected chi connectivity index (χ2v) is 6.04. The summed E-state index contributed by atoms with van der Waals surface area (Å²) in [6, 6.07) is 5.48. The number of hydrogen-bond donors (Lipinski definition) is 1. The van der Waals surface area contributed by atoms with Crippen molar-refractivity contribution in [1.29, 1.82) is 0 Å². The standard InChI is InChI=1S/C15H20ClNO2/c16-12-4-3-5-13(17)14(12)19-11-6-9-18-15(10-11)7-1-2-8-15/h3-5,11H,1-2,6-10,17H2. The molecule has 1 aromatic rings. The fraction of sp³-hybridized carbons (Fsp3) is 0.600. The van der Waals surface area contributed by atoms with Crippen molar-refractivity contribution in [3.05, 3.63) is 23.2 Å². The molecule has 2 fully saturated rings. The van der Waals surface area contributed by atoms with E-state index in [4.69, 9.17) is 26.8 Å². The molecule has 104 valence electrons. The first-order valence-electron chi connectivity index (χ1n) is 7.03. The first-order valence-corrected chi connectivity index (χ1v) is 7.41. The number of hydrogen-bond acceptors (Lipinski definition) is 3. The van der Waals surface area contributed by atoms with Crippen molar-refractivity contribution in [2.75, 3.05) is 12.3 Å². The third-order valence-electron chi connectivity index (χ3n) is 4.24. The molecule has 1 aliphatic heterocycles. The Hall–Kier alpha value is -0.930. The monoisotopic (exact) mass is 281 g/mol. The highest BCUT2D eigenvalue weighted by Crippen LogP contribution is 2.42. The minimum atomic E-state index is 0.0545. The number of para-hydroxylation sites is 1. The van der Waals surface area contributed by atoms with Crippen LogP contribution in [0.25, 0.3) is 0 Å². The normalized spacial score (nSPS) is 25.6. The van der Waals surface area contributed by atoms with Crippen LogP contribution in [0, 0.1) is 0 Å². The first-order chi connectivity index (χ1) is 9.19. The molecule has 1 saturated carbocycles. The van der Waals surface area contributed by atoms with Crippen molar-refractivity contribution >= 4 is 17.3 Å². The van der Waals surface area contributed by atoms with E-state index >= 15 is 0 Å². The molecule has 0 amide bonds. The van der Waals surface area contributed by atoms with Crippen LogP contribution in [0.4, 0.5) is 5.69 Å². The van der Waals surface area contributed by atoms with E-state index in [2.05, 4.69) is 0 Å². The van der Waals surface area contributed by atoms with Gasteiger partial charge in [-0.25, -0.2) is 0 Å². The number of nitrogens with two attached hydrogens (primary N) is 1. The molecule has 2 aliphatic rings. The molecule has 0 aromatic heterocycles. The third-order valence-corrected chi connectivity index (χ3v) is 4.54. The maximum absolute atomic E-state index is 6.16. The molecule has 1 heterocycles. The van der Waals surface area contributed by atoms with Gasteiger partial charge >= 0.3 is 0 Å². The lowest BCUT2D eigenvalue weighted by Crippen LogP contribution is -2.41. The van der Waals surface area contributed by atoms with Gasteiger partial charge in [-0.2, -0.15) is 0 Å². The predicted octanol–water partition coefficient (Wildman–Crippen LogP) is 3.79. The van der Waals surface area contributed by atoms with Crippen LogP contribution >= 0.6 is 11.6 Å². The van der Waals surface area contributed by atoms with Crippen LogP contribution in [-0.2, 0) is 4.74 Å². The molecule has 1 unspecified atom stereocenters. The van der Waals surface area contributed by atoms with Crippen LogP contribution in [0.15, 0.2) is 18.2 Å². The van der Waals surface area contributed by atoms with E-state index in [1.165, 1.54) is 12.8 Å². The van der Waals surface area contributed by atoms with Crippen molar-refractivity contribution in [2.24, 2.45) is 0 Å². The lowest BCUT2D eigenvalue weighted by atomic mass is 9.90. The molecule has 4 heteroatoms. The second-order valence-electron chi connectivity index (χ2n) is 5.63. The summed E-state index contributed by atoms with van der Waals surface area (Å²) in [5, 5.41) is 0.590. The van der Waals surface area contributed by atoms with E-state index in [1.54, 1.807) is 0 Å². The third kappa shape index (κ3) is 2.67. The molecule has 1 atom stereocenters. The molecule has 1 saturated heterocycles. The van der Waals surface area contributed by atoms with E-state index in [0.29, 0.717) is 16.5 Å². The quantitative estimate of drug-likeness (QED) is 0.839. The van der Waals surface area contributed by atoms with Gasteiger partial charge in [-0.15, -0.1) is 0 Å². The van der Waals surface area contributed by atoms with Crippen LogP contribution in [-0.4, -0.2) is 18.3 Å². The van der Waals surface area contributed by atoms with Gasteiger partial charge in [-0.3, -0.25) is 0 Å². The first kappa shape index (κ1) is 13.1. The highest BCUT2D eigenvalue weighted by molar-refractivity contribution is 6.32. The van der Waals surface area contributed by atoms with Gasteiger partial charge in [0.25, 0.3) is 0 Å². The fourth-order valence-corrected chi connectivity index (χ4v) is 3.49. The zero-order chi connectivity index (χ0) is 13.3. The van der Waals surface area contributed by atoms with Gasteiger partial charge in [0.15, 0.2) is 5.75 Å². The van der Waals surface area contributed by atoms with E-state index in [9.17, 15) is 0 Å². The molecule has 3 rings (SSSR count). The van der Waals surface area contributed by atoms with Crippen molar-refractivity contribution in [3.8, 4) is 5.75 Å². The summed E-state index contributed by atoms with van der Waals surface area (Å²) in [6.45, 7) is 0.773. The molecular formula is C15H20ClNO2. The SMILES string of the molecule is Nc1cccc(Cl)c1OC1CCOC2(CCCC2)C1. The number of nitrogen functional groups attached to an aromatic ring is 1. The van der Waals surface area contributed by atoms with E-state index in [0.717, 1.165) is 32.3 Å². The second kappa shape index (κ2) is 5.22. The summed E-state index contributed by atoms with van der Waals surface area (Å²) in [7, 11) is 0. The maximum Gasteiger partial charge on any atom is 0.161 e. The van der Waals surface area contributed by atoms with Gasteiger partial charge in [0, 0.05) is 12.8 Å². The fourth-order valence-electron chi connectivity index (χ4n) is 3.27. The summed E-state index contributed by atoms with van der Waals surface area (Å²) < 4.78 is 12.1. The van der Waals surface area contributed by atoms with Crippen LogP contribution in [0.3, 0.4) is 0 Å². The van der Waals surface area contributed by atoms with E-state index in [1.807, 2.05) is 18.2 Å². The van der Waals surface area contributed by atoms with Gasteiger partial charge in [0.2, 0.25) is 0 Å². The average molecular weight is 282 g/mol. The molecule has 1 aliphatic carbocycles. The Labute approximate surface area is 119 Å². The smallest absolute Gasteiger partial charge is 0.161 e. The highest BCUT2D eigenvalue weighted by atomic mass is 35.5. The predicted molar refractivity (Wildman–Crippen MR) is 76.7 cm³/mol. The summed E-state index contributed by atoms with van der Waals surface area (Å²) in [5.74, 6) is 0.629. The Bertz CT molecular complexity index is 437. The summed E-state index contributed by atoms with van der Waals surface area (Å²) in [6.07, 6.45) is 6.87.